The fraction of sp³-hybridized carbons (Fsp3) is 0.360. The summed E-state index contributed by atoms with van der Waals surface area (Å²) in [4.78, 5) is 18.6. The van der Waals surface area contributed by atoms with Crippen LogP contribution in [0.25, 0.3) is 22.4 Å². The van der Waals surface area contributed by atoms with Crippen molar-refractivity contribution in [1.29, 1.82) is 0 Å². The molecule has 0 bridgehead atoms. The Kier molecular flexibility index (Phi) is 6.44. The second kappa shape index (κ2) is 9.95. The van der Waals surface area contributed by atoms with Crippen LogP contribution in [0.1, 0.15) is 43.7 Å². The monoisotopic (exact) mass is 442 g/mol. The molecule has 1 aromatic carbocycles. The topological polar surface area (TPSA) is 107 Å². The van der Waals surface area contributed by atoms with Crippen LogP contribution in [0.15, 0.2) is 55.0 Å². The van der Waals surface area contributed by atoms with Gasteiger partial charge in [0.15, 0.2) is 17.0 Å². The highest BCUT2D eigenvalue weighted by Crippen LogP contribution is 2.33. The number of nitrogens with two attached hydrogens (primary N) is 1. The molecule has 3 heterocycles. The van der Waals surface area contributed by atoms with E-state index in [1.54, 1.807) is 0 Å². The standard InChI is InChI=1S/C25H30N8/c26-13-5-15-28-25-31-23(22-24(32-25)33(17-30-22)20-6-1-2-7-20)29-16-18-9-11-19(12-10-18)21-8-3-4-14-27-21/h3-4,8-12,14,17,20H,1-2,5-7,13,15-16,26H2,(H2,28,29,31,32). The van der Waals surface area contributed by atoms with E-state index < -0.39 is 0 Å². The number of imidazole rings is 1. The largest absolute Gasteiger partial charge is 0.364 e. The first kappa shape index (κ1) is 21.3. The normalized spacial score (nSPS) is 14.1. The molecule has 1 saturated carbocycles. The lowest BCUT2D eigenvalue weighted by Crippen LogP contribution is -2.13. The molecule has 8 nitrogen and oxygen atoms in total. The molecule has 33 heavy (non-hydrogen) atoms. The summed E-state index contributed by atoms with van der Waals surface area (Å²) in [7, 11) is 0. The minimum absolute atomic E-state index is 0.466. The van der Waals surface area contributed by atoms with Crippen molar-refractivity contribution >= 4 is 22.9 Å². The van der Waals surface area contributed by atoms with Gasteiger partial charge in [-0.25, -0.2) is 4.98 Å². The van der Waals surface area contributed by atoms with Crippen molar-refractivity contribution in [3.8, 4) is 11.3 Å². The van der Waals surface area contributed by atoms with Crippen LogP contribution in [0.3, 0.4) is 0 Å². The van der Waals surface area contributed by atoms with Gasteiger partial charge in [-0.1, -0.05) is 43.2 Å². The Bertz CT molecular complexity index is 1180. The second-order valence-electron chi connectivity index (χ2n) is 8.49. The molecule has 0 unspecified atom stereocenters. The summed E-state index contributed by atoms with van der Waals surface area (Å²) in [6.07, 6.45) is 9.48. The fourth-order valence-corrected chi connectivity index (χ4v) is 4.38. The number of hydrogen-bond donors (Lipinski definition) is 3. The van der Waals surface area contributed by atoms with E-state index in [0.717, 1.165) is 46.8 Å². The van der Waals surface area contributed by atoms with Crippen molar-refractivity contribution in [1.82, 2.24) is 24.5 Å². The van der Waals surface area contributed by atoms with Crippen LogP contribution in [-0.4, -0.2) is 37.6 Å². The Hall–Kier alpha value is -3.52. The molecule has 1 aliphatic rings. The number of hydrogen-bond acceptors (Lipinski definition) is 7. The van der Waals surface area contributed by atoms with Gasteiger partial charge in [0.2, 0.25) is 5.95 Å². The molecule has 5 rings (SSSR count). The Balaban J connectivity index is 1.38. The lowest BCUT2D eigenvalue weighted by Gasteiger charge is -2.14. The molecule has 3 aromatic heterocycles. The minimum Gasteiger partial charge on any atom is -0.364 e. The molecule has 0 atom stereocenters. The molecule has 1 fully saturated rings. The Morgan fingerprint density at radius 3 is 2.58 bits per heavy atom. The first-order valence-corrected chi connectivity index (χ1v) is 11.7. The van der Waals surface area contributed by atoms with Gasteiger partial charge in [-0.3, -0.25) is 4.98 Å². The van der Waals surface area contributed by atoms with Crippen molar-refractivity contribution in [2.24, 2.45) is 5.73 Å². The maximum Gasteiger partial charge on any atom is 0.226 e. The molecule has 1 aliphatic carbocycles. The van der Waals surface area contributed by atoms with Crippen LogP contribution in [0.5, 0.6) is 0 Å². The van der Waals surface area contributed by atoms with Gasteiger partial charge in [-0.05, 0) is 43.5 Å². The van der Waals surface area contributed by atoms with E-state index in [1.807, 2.05) is 30.7 Å². The van der Waals surface area contributed by atoms with E-state index in [1.165, 1.54) is 25.7 Å². The fourth-order valence-electron chi connectivity index (χ4n) is 4.38. The Morgan fingerprint density at radius 1 is 0.970 bits per heavy atom. The van der Waals surface area contributed by atoms with Crippen molar-refractivity contribution < 1.29 is 0 Å². The molecule has 0 radical (unpaired) electrons. The maximum absolute atomic E-state index is 5.65. The van der Waals surface area contributed by atoms with Crippen molar-refractivity contribution in [2.75, 3.05) is 23.7 Å². The SMILES string of the molecule is NCCCNc1nc(NCc2ccc(-c3ccccn3)cc2)c2ncn(C3CCCC3)c2n1. The van der Waals surface area contributed by atoms with E-state index in [0.29, 0.717) is 25.1 Å². The highest BCUT2D eigenvalue weighted by Gasteiger charge is 2.21. The molecule has 0 amide bonds. The number of nitrogens with zero attached hydrogens (tertiary/aromatic N) is 5. The van der Waals surface area contributed by atoms with E-state index in [2.05, 4.69) is 49.4 Å². The smallest absolute Gasteiger partial charge is 0.226 e. The highest BCUT2D eigenvalue weighted by molar-refractivity contribution is 5.84. The zero-order chi connectivity index (χ0) is 22.5. The predicted molar refractivity (Wildman–Crippen MR) is 132 cm³/mol. The van der Waals surface area contributed by atoms with Crippen LogP contribution in [0, 0.1) is 0 Å². The Labute approximate surface area is 193 Å². The van der Waals surface area contributed by atoms with Gasteiger partial charge in [0, 0.05) is 30.9 Å². The number of benzene rings is 1. The van der Waals surface area contributed by atoms with Gasteiger partial charge in [0.25, 0.3) is 0 Å². The third kappa shape index (κ3) is 4.80. The molecule has 0 saturated heterocycles. The maximum atomic E-state index is 5.65. The van der Waals surface area contributed by atoms with Gasteiger partial charge >= 0.3 is 0 Å². The van der Waals surface area contributed by atoms with Crippen LogP contribution in [0.2, 0.25) is 0 Å². The lowest BCUT2D eigenvalue weighted by atomic mass is 10.1. The molecular weight excluding hydrogens is 412 g/mol. The number of aromatic nitrogens is 5. The highest BCUT2D eigenvalue weighted by atomic mass is 15.2. The summed E-state index contributed by atoms with van der Waals surface area (Å²) in [6.45, 7) is 2.02. The summed E-state index contributed by atoms with van der Waals surface area (Å²) < 4.78 is 2.23. The van der Waals surface area contributed by atoms with Crippen LogP contribution >= 0.6 is 0 Å². The number of anilines is 2. The van der Waals surface area contributed by atoms with Crippen molar-refractivity contribution in [3.05, 3.63) is 60.6 Å². The molecular formula is C25H30N8. The summed E-state index contributed by atoms with van der Waals surface area (Å²) in [5.74, 6) is 1.37. The zero-order valence-electron chi connectivity index (χ0n) is 18.7. The van der Waals surface area contributed by atoms with E-state index in [4.69, 9.17) is 15.7 Å². The summed E-state index contributed by atoms with van der Waals surface area (Å²) >= 11 is 0. The van der Waals surface area contributed by atoms with Crippen molar-refractivity contribution in [3.63, 3.8) is 0 Å². The number of pyridine rings is 1. The number of nitrogens with one attached hydrogen (secondary N) is 2. The second-order valence-corrected chi connectivity index (χ2v) is 8.49. The average molecular weight is 443 g/mol. The first-order valence-electron chi connectivity index (χ1n) is 11.7. The average Bonchev–Trinajstić information content (AvgIpc) is 3.54. The zero-order valence-corrected chi connectivity index (χ0v) is 18.7. The van der Waals surface area contributed by atoms with E-state index >= 15 is 0 Å². The van der Waals surface area contributed by atoms with Crippen LogP contribution in [0.4, 0.5) is 11.8 Å². The van der Waals surface area contributed by atoms with Crippen LogP contribution in [-0.2, 0) is 6.54 Å². The summed E-state index contributed by atoms with van der Waals surface area (Å²) in [6, 6.07) is 14.9. The van der Waals surface area contributed by atoms with E-state index in [9.17, 15) is 0 Å². The molecule has 4 aromatic rings. The molecule has 0 spiro atoms. The van der Waals surface area contributed by atoms with Crippen LogP contribution < -0.4 is 16.4 Å². The first-order chi connectivity index (χ1) is 16.3. The van der Waals surface area contributed by atoms with Crippen molar-refractivity contribution in [2.45, 2.75) is 44.7 Å². The van der Waals surface area contributed by atoms with Gasteiger partial charge in [-0.2, -0.15) is 9.97 Å². The summed E-state index contributed by atoms with van der Waals surface area (Å²) in [5.41, 5.74) is 10.6. The molecule has 4 N–H and O–H groups in total. The third-order valence-electron chi connectivity index (χ3n) is 6.18. The number of rotatable bonds is 9. The summed E-state index contributed by atoms with van der Waals surface area (Å²) in [5, 5.41) is 6.81. The predicted octanol–water partition coefficient (Wildman–Crippen LogP) is 4.38. The minimum atomic E-state index is 0.466. The lowest BCUT2D eigenvalue weighted by molar-refractivity contribution is 0.529. The third-order valence-corrected chi connectivity index (χ3v) is 6.18. The number of fused-ring (bicyclic) bond motifs is 1. The van der Waals surface area contributed by atoms with Gasteiger partial charge < -0.3 is 20.9 Å². The van der Waals surface area contributed by atoms with Gasteiger partial charge in [0.05, 0.1) is 12.0 Å². The van der Waals surface area contributed by atoms with Gasteiger partial charge in [0.1, 0.15) is 0 Å². The van der Waals surface area contributed by atoms with Gasteiger partial charge in [-0.15, -0.1) is 0 Å². The molecule has 170 valence electrons. The molecule has 0 aliphatic heterocycles. The van der Waals surface area contributed by atoms with E-state index in [-0.39, 0.29) is 0 Å². The Morgan fingerprint density at radius 2 is 1.82 bits per heavy atom. The molecule has 8 heteroatoms. The quantitative estimate of drug-likeness (QED) is 0.330.